The Labute approximate surface area is 145 Å². The van der Waals surface area contributed by atoms with Crippen LogP contribution in [0.5, 0.6) is 0 Å². The zero-order valence-corrected chi connectivity index (χ0v) is 14.3. The van der Waals surface area contributed by atoms with Crippen molar-refractivity contribution in [2.45, 2.75) is 24.9 Å². The van der Waals surface area contributed by atoms with Gasteiger partial charge in [0.2, 0.25) is 0 Å². The molecule has 0 bridgehead atoms. The van der Waals surface area contributed by atoms with Gasteiger partial charge in [0.05, 0.1) is 19.0 Å². The van der Waals surface area contributed by atoms with E-state index in [1.165, 1.54) is 6.33 Å². The number of imidazole rings is 2. The van der Waals surface area contributed by atoms with Crippen molar-refractivity contribution in [1.29, 1.82) is 0 Å². The molecule has 1 aliphatic heterocycles. The summed E-state index contributed by atoms with van der Waals surface area (Å²) in [6.45, 7) is -0.422. The van der Waals surface area contributed by atoms with Crippen molar-refractivity contribution in [2.24, 2.45) is 0 Å². The van der Waals surface area contributed by atoms with E-state index in [4.69, 9.17) is 26.7 Å². The third-order valence-electron chi connectivity index (χ3n) is 4.01. The fraction of sp³-hybridized carbons (Fsp3) is 0.417. The number of aromatic nitrogens is 5. The van der Waals surface area contributed by atoms with E-state index in [0.29, 0.717) is 21.6 Å². The Morgan fingerprint density at radius 1 is 1.48 bits per heavy atom. The number of H-pyrrole nitrogens is 1. The van der Waals surface area contributed by atoms with Crippen molar-refractivity contribution in [3.05, 3.63) is 23.5 Å². The maximum atomic E-state index is 10.8. The minimum absolute atomic E-state index is 0.209. The molecule has 134 valence electrons. The number of rotatable bonds is 4. The van der Waals surface area contributed by atoms with Crippen molar-refractivity contribution in [3.63, 3.8) is 0 Å². The Hall–Kier alpha value is -1.66. The summed E-state index contributed by atoms with van der Waals surface area (Å²) < 4.78 is 24.7. The van der Waals surface area contributed by atoms with Gasteiger partial charge in [-0.15, -0.1) is 0 Å². The van der Waals surface area contributed by atoms with E-state index in [9.17, 15) is 9.67 Å². The maximum Gasteiger partial charge on any atom is 0.469 e. The number of hydrogen-bond acceptors (Lipinski definition) is 7. The molecular formula is C12H14N5O6PS. The van der Waals surface area contributed by atoms with Gasteiger partial charge in [-0.3, -0.25) is 13.5 Å². The molecule has 13 heteroatoms. The lowest BCUT2D eigenvalue weighted by molar-refractivity contribution is -0.0424. The SMILES string of the molecule is O=P(O)(O)OC[C@H]1O[C@H](n2cnc3c2[nH]c(=S)n2ccnc32)C[C@@H]1O. The van der Waals surface area contributed by atoms with Crippen molar-refractivity contribution in [3.8, 4) is 0 Å². The maximum absolute atomic E-state index is 10.8. The van der Waals surface area contributed by atoms with Gasteiger partial charge in [0, 0.05) is 18.8 Å². The van der Waals surface area contributed by atoms with Crippen molar-refractivity contribution in [2.75, 3.05) is 6.61 Å². The monoisotopic (exact) mass is 387 g/mol. The van der Waals surface area contributed by atoms with Crippen LogP contribution in [0.15, 0.2) is 18.7 Å². The van der Waals surface area contributed by atoms with Crippen LogP contribution in [0.2, 0.25) is 0 Å². The van der Waals surface area contributed by atoms with Crippen LogP contribution in [0.3, 0.4) is 0 Å². The molecule has 0 aliphatic carbocycles. The molecule has 3 aromatic rings. The largest absolute Gasteiger partial charge is 0.469 e. The number of fused-ring (bicyclic) bond motifs is 3. The quantitative estimate of drug-likeness (QED) is 0.371. The number of phosphoric ester groups is 1. The van der Waals surface area contributed by atoms with E-state index < -0.39 is 32.9 Å². The Kier molecular flexibility index (Phi) is 4.00. The number of nitrogens with zero attached hydrogens (tertiary/aromatic N) is 4. The van der Waals surface area contributed by atoms with Crippen LogP contribution in [0.4, 0.5) is 0 Å². The highest BCUT2D eigenvalue weighted by atomic mass is 32.1. The first-order valence-corrected chi connectivity index (χ1v) is 9.23. The summed E-state index contributed by atoms with van der Waals surface area (Å²) in [6.07, 6.45) is 2.68. The van der Waals surface area contributed by atoms with Gasteiger partial charge in [0.25, 0.3) is 0 Å². The number of aliphatic hydroxyl groups excluding tert-OH is 1. The second kappa shape index (κ2) is 5.95. The average molecular weight is 387 g/mol. The smallest absolute Gasteiger partial charge is 0.390 e. The Morgan fingerprint density at radius 2 is 2.28 bits per heavy atom. The summed E-state index contributed by atoms with van der Waals surface area (Å²) in [4.78, 5) is 29.2. The molecule has 1 aliphatic rings. The first kappa shape index (κ1) is 16.8. The van der Waals surface area contributed by atoms with Gasteiger partial charge in [0.15, 0.2) is 10.4 Å². The van der Waals surface area contributed by atoms with Gasteiger partial charge < -0.3 is 24.6 Å². The van der Waals surface area contributed by atoms with Crippen LogP contribution in [-0.2, 0) is 13.8 Å². The second-order valence-corrected chi connectivity index (χ2v) is 7.24. The first-order valence-electron chi connectivity index (χ1n) is 7.29. The van der Waals surface area contributed by atoms with Crippen molar-refractivity contribution in [1.82, 2.24) is 23.9 Å². The zero-order valence-electron chi connectivity index (χ0n) is 12.6. The predicted octanol–water partition coefficient (Wildman–Crippen LogP) is 0.499. The van der Waals surface area contributed by atoms with Gasteiger partial charge in [-0.1, -0.05) is 0 Å². The van der Waals surface area contributed by atoms with Crippen LogP contribution in [0.1, 0.15) is 12.6 Å². The highest BCUT2D eigenvalue weighted by Crippen LogP contribution is 2.38. The highest BCUT2D eigenvalue weighted by molar-refractivity contribution is 7.71. The molecule has 11 nitrogen and oxygen atoms in total. The Balaban J connectivity index is 1.65. The van der Waals surface area contributed by atoms with Crippen LogP contribution >= 0.6 is 20.0 Å². The van der Waals surface area contributed by atoms with Crippen molar-refractivity contribution < 1.29 is 28.7 Å². The van der Waals surface area contributed by atoms with E-state index >= 15 is 0 Å². The standard InChI is InChI=1S/C12H14N5O6PS/c18-6-3-8(23-7(6)4-22-24(19,20)21)17-5-14-9-10-13-1-2-16(10)12(25)15-11(9)17/h1-2,5-8,18H,3-4H2,(H,15,25)(H2,19,20,21)/t6-,7+,8-/m0/s1. The van der Waals surface area contributed by atoms with Gasteiger partial charge in [-0.25, -0.2) is 14.5 Å². The molecule has 4 heterocycles. The molecule has 3 aromatic heterocycles. The van der Waals surface area contributed by atoms with E-state index in [-0.39, 0.29) is 6.42 Å². The number of nitrogens with one attached hydrogen (secondary N) is 1. The molecule has 1 fully saturated rings. The molecule has 0 saturated carbocycles. The summed E-state index contributed by atoms with van der Waals surface area (Å²) >= 11 is 5.29. The van der Waals surface area contributed by atoms with Gasteiger partial charge in [-0.05, 0) is 12.2 Å². The predicted molar refractivity (Wildman–Crippen MR) is 86.2 cm³/mol. The third-order valence-corrected chi connectivity index (χ3v) is 4.80. The fourth-order valence-electron chi connectivity index (χ4n) is 2.88. The van der Waals surface area contributed by atoms with E-state index in [1.807, 2.05) is 0 Å². The second-order valence-electron chi connectivity index (χ2n) is 5.62. The van der Waals surface area contributed by atoms with Gasteiger partial charge in [0.1, 0.15) is 23.5 Å². The zero-order chi connectivity index (χ0) is 17.8. The minimum Gasteiger partial charge on any atom is -0.390 e. The third kappa shape index (κ3) is 3.02. The summed E-state index contributed by atoms with van der Waals surface area (Å²) in [6, 6.07) is 0. The molecule has 4 N–H and O–H groups in total. The number of aliphatic hydroxyl groups is 1. The molecule has 1 saturated heterocycles. The molecule has 4 rings (SSSR count). The summed E-state index contributed by atoms with van der Waals surface area (Å²) in [5.74, 6) is 0. The van der Waals surface area contributed by atoms with Gasteiger partial charge >= 0.3 is 7.82 Å². The highest BCUT2D eigenvalue weighted by Gasteiger charge is 2.37. The normalized spacial score (nSPS) is 24.5. The lowest BCUT2D eigenvalue weighted by Gasteiger charge is -2.16. The Bertz CT molecular complexity index is 1040. The number of hydrogen-bond donors (Lipinski definition) is 4. The molecule has 0 radical (unpaired) electrons. The van der Waals surface area contributed by atoms with E-state index in [1.54, 1.807) is 21.4 Å². The van der Waals surface area contributed by atoms with Crippen molar-refractivity contribution >= 4 is 36.9 Å². The van der Waals surface area contributed by atoms with Crippen LogP contribution in [-0.4, -0.2) is 57.6 Å². The summed E-state index contributed by atoms with van der Waals surface area (Å²) in [5.41, 5.74) is 1.77. The topological polar surface area (TPSA) is 147 Å². The summed E-state index contributed by atoms with van der Waals surface area (Å²) in [5, 5.41) is 10.1. The summed E-state index contributed by atoms with van der Waals surface area (Å²) in [7, 11) is -4.63. The van der Waals surface area contributed by atoms with Crippen LogP contribution in [0.25, 0.3) is 16.8 Å². The molecular weight excluding hydrogens is 373 g/mol. The Morgan fingerprint density at radius 3 is 3.04 bits per heavy atom. The van der Waals surface area contributed by atoms with Crippen LogP contribution < -0.4 is 0 Å². The number of aromatic amines is 1. The molecule has 3 atom stereocenters. The fourth-order valence-corrected chi connectivity index (χ4v) is 3.46. The van der Waals surface area contributed by atoms with Gasteiger partial charge in [-0.2, -0.15) is 0 Å². The van der Waals surface area contributed by atoms with E-state index in [0.717, 1.165) is 0 Å². The molecule has 0 spiro atoms. The van der Waals surface area contributed by atoms with E-state index in [2.05, 4.69) is 19.5 Å². The molecule has 0 amide bonds. The number of ether oxygens (including phenoxy) is 1. The lowest BCUT2D eigenvalue weighted by Crippen LogP contribution is -2.25. The lowest BCUT2D eigenvalue weighted by atomic mass is 10.2. The average Bonchev–Trinajstić information content (AvgIpc) is 3.21. The van der Waals surface area contributed by atoms with Crippen LogP contribution in [0, 0.1) is 4.77 Å². The minimum atomic E-state index is -4.63. The molecule has 0 aromatic carbocycles. The first-order chi connectivity index (χ1) is 11.8. The molecule has 0 unspecified atom stereocenters. The molecule has 25 heavy (non-hydrogen) atoms. The number of phosphoric acid groups is 1.